The second-order valence-electron chi connectivity index (χ2n) is 1.82. The Balaban J connectivity index is 3.86. The molecule has 2 heteroatoms. The smallest absolute Gasteiger partial charge is 0.147 e. The zero-order valence-corrected chi connectivity index (χ0v) is 5.42. The summed E-state index contributed by atoms with van der Waals surface area (Å²) in [6.45, 7) is 4.84. The Kier molecular flexibility index (Phi) is 3.38. The van der Waals surface area contributed by atoms with E-state index in [1.165, 1.54) is 6.92 Å². The van der Waals surface area contributed by atoms with Crippen LogP contribution in [0.25, 0.3) is 0 Å². The number of nitriles is 1. The van der Waals surface area contributed by atoms with E-state index in [2.05, 4.69) is 6.58 Å². The van der Waals surface area contributed by atoms with E-state index in [4.69, 9.17) is 5.26 Å². The maximum absolute atomic E-state index is 10.5. The Bertz CT molecular complexity index is 155. The summed E-state index contributed by atoms with van der Waals surface area (Å²) < 4.78 is 0. The molecule has 0 spiro atoms. The first-order valence-electron chi connectivity index (χ1n) is 2.73. The summed E-state index contributed by atoms with van der Waals surface area (Å²) in [5.74, 6) is -0.570. The molecule has 0 bridgehead atoms. The summed E-state index contributed by atoms with van der Waals surface area (Å²) >= 11 is 0. The fourth-order valence-electron chi connectivity index (χ4n) is 0.476. The quantitative estimate of drug-likeness (QED) is 0.530. The molecule has 0 aliphatic carbocycles. The number of carbonyl (C=O) groups is 1. The molecule has 48 valence electrons. The van der Waals surface area contributed by atoms with Gasteiger partial charge in [0.1, 0.15) is 11.7 Å². The average Bonchev–Trinajstić information content (AvgIpc) is 1.82. The van der Waals surface area contributed by atoms with Crippen LogP contribution in [-0.4, -0.2) is 5.78 Å². The van der Waals surface area contributed by atoms with E-state index in [0.717, 1.165) is 0 Å². The average molecular weight is 123 g/mol. The number of ketones is 1. The molecule has 0 rings (SSSR count). The molecule has 0 saturated heterocycles. The van der Waals surface area contributed by atoms with Gasteiger partial charge in [0.25, 0.3) is 0 Å². The largest absolute Gasteiger partial charge is 0.299 e. The highest BCUT2D eigenvalue weighted by atomic mass is 16.1. The van der Waals surface area contributed by atoms with Crippen molar-refractivity contribution in [3.63, 3.8) is 0 Å². The standard InChI is InChI=1S/C7H9NO/c1-3-4-7(5-8)6(2)9/h3,7H,1,4H2,2H3/t7-/m1/s1. The van der Waals surface area contributed by atoms with Crippen LogP contribution < -0.4 is 0 Å². The molecule has 0 saturated carbocycles. The highest BCUT2D eigenvalue weighted by Crippen LogP contribution is 2.01. The van der Waals surface area contributed by atoms with Crippen LogP contribution in [0.1, 0.15) is 13.3 Å². The van der Waals surface area contributed by atoms with E-state index in [1.807, 2.05) is 6.07 Å². The van der Waals surface area contributed by atoms with Crippen molar-refractivity contribution in [3.05, 3.63) is 12.7 Å². The fourth-order valence-corrected chi connectivity index (χ4v) is 0.476. The van der Waals surface area contributed by atoms with Gasteiger partial charge < -0.3 is 0 Å². The molecule has 0 radical (unpaired) electrons. The molecule has 0 aliphatic heterocycles. The molecule has 0 aromatic heterocycles. The van der Waals surface area contributed by atoms with Crippen molar-refractivity contribution < 1.29 is 4.79 Å². The molecule has 0 aromatic rings. The van der Waals surface area contributed by atoms with Crippen molar-refractivity contribution in [1.29, 1.82) is 5.26 Å². The number of nitrogens with zero attached hydrogens (tertiary/aromatic N) is 1. The van der Waals surface area contributed by atoms with Crippen LogP contribution in [0.5, 0.6) is 0 Å². The topological polar surface area (TPSA) is 40.9 Å². The number of Topliss-reactive ketones (excluding diaryl/α,β-unsaturated/α-hetero) is 1. The van der Waals surface area contributed by atoms with Gasteiger partial charge in [-0.05, 0) is 13.3 Å². The van der Waals surface area contributed by atoms with Gasteiger partial charge in [0, 0.05) is 0 Å². The van der Waals surface area contributed by atoms with Crippen LogP contribution in [0.3, 0.4) is 0 Å². The maximum atomic E-state index is 10.5. The molecule has 0 aliphatic rings. The van der Waals surface area contributed by atoms with Gasteiger partial charge >= 0.3 is 0 Å². The second-order valence-corrected chi connectivity index (χ2v) is 1.82. The van der Waals surface area contributed by atoms with E-state index >= 15 is 0 Å². The van der Waals surface area contributed by atoms with Crippen molar-refractivity contribution in [2.24, 2.45) is 5.92 Å². The molecule has 0 unspecified atom stereocenters. The number of allylic oxidation sites excluding steroid dienone is 1. The Morgan fingerprint density at radius 3 is 2.67 bits per heavy atom. The van der Waals surface area contributed by atoms with Gasteiger partial charge in [-0.1, -0.05) is 6.08 Å². The summed E-state index contributed by atoms with van der Waals surface area (Å²) in [5.41, 5.74) is 0. The zero-order valence-electron chi connectivity index (χ0n) is 5.42. The van der Waals surface area contributed by atoms with Crippen LogP contribution in [0, 0.1) is 17.2 Å². The zero-order chi connectivity index (χ0) is 7.28. The highest BCUT2D eigenvalue weighted by molar-refractivity contribution is 5.80. The van der Waals surface area contributed by atoms with Crippen molar-refractivity contribution in [2.75, 3.05) is 0 Å². The Morgan fingerprint density at radius 2 is 2.56 bits per heavy atom. The molecule has 0 fully saturated rings. The third-order valence-electron chi connectivity index (χ3n) is 1.05. The minimum atomic E-state index is -0.484. The molecule has 1 atom stereocenters. The lowest BCUT2D eigenvalue weighted by molar-refractivity contribution is -0.119. The molecule has 2 nitrogen and oxygen atoms in total. The summed E-state index contributed by atoms with van der Waals surface area (Å²) in [4.78, 5) is 10.5. The third kappa shape index (κ3) is 2.65. The molecular weight excluding hydrogens is 114 g/mol. The van der Waals surface area contributed by atoms with E-state index < -0.39 is 5.92 Å². The fraction of sp³-hybridized carbons (Fsp3) is 0.429. The predicted octanol–water partition coefficient (Wildman–Crippen LogP) is 1.29. The summed E-state index contributed by atoms with van der Waals surface area (Å²) in [7, 11) is 0. The van der Waals surface area contributed by atoms with Crippen molar-refractivity contribution in [1.82, 2.24) is 0 Å². The van der Waals surface area contributed by atoms with E-state index in [-0.39, 0.29) is 5.78 Å². The first kappa shape index (κ1) is 7.90. The first-order chi connectivity index (χ1) is 4.22. The van der Waals surface area contributed by atoms with Crippen LogP contribution in [-0.2, 0) is 4.79 Å². The SMILES string of the molecule is C=CC[C@H](C#N)C(C)=O. The lowest BCUT2D eigenvalue weighted by Gasteiger charge is -1.96. The molecule has 9 heavy (non-hydrogen) atoms. The molecule has 0 heterocycles. The van der Waals surface area contributed by atoms with Gasteiger partial charge in [-0.15, -0.1) is 6.58 Å². The van der Waals surface area contributed by atoms with E-state index in [9.17, 15) is 4.79 Å². The highest BCUT2D eigenvalue weighted by Gasteiger charge is 2.08. The van der Waals surface area contributed by atoms with Gasteiger partial charge in [0.15, 0.2) is 0 Å². The van der Waals surface area contributed by atoms with Gasteiger partial charge in [0.05, 0.1) is 6.07 Å². The van der Waals surface area contributed by atoms with Gasteiger partial charge in [-0.2, -0.15) is 5.26 Å². The normalized spacial score (nSPS) is 11.6. The lowest BCUT2D eigenvalue weighted by atomic mass is 10.0. The number of carbonyl (C=O) groups excluding carboxylic acids is 1. The van der Waals surface area contributed by atoms with Crippen LogP contribution in [0.2, 0.25) is 0 Å². The number of hydrogen-bond acceptors (Lipinski definition) is 2. The number of rotatable bonds is 3. The number of hydrogen-bond donors (Lipinski definition) is 0. The Morgan fingerprint density at radius 1 is 2.00 bits per heavy atom. The molecule has 0 N–H and O–H groups in total. The maximum Gasteiger partial charge on any atom is 0.147 e. The minimum Gasteiger partial charge on any atom is -0.299 e. The van der Waals surface area contributed by atoms with Crippen molar-refractivity contribution in [3.8, 4) is 6.07 Å². The monoisotopic (exact) mass is 123 g/mol. The Labute approximate surface area is 54.8 Å². The molecular formula is C7H9NO. The van der Waals surface area contributed by atoms with Crippen LogP contribution >= 0.6 is 0 Å². The van der Waals surface area contributed by atoms with Gasteiger partial charge in [-0.25, -0.2) is 0 Å². The van der Waals surface area contributed by atoms with Crippen molar-refractivity contribution in [2.45, 2.75) is 13.3 Å². The van der Waals surface area contributed by atoms with Gasteiger partial charge in [-0.3, -0.25) is 4.79 Å². The first-order valence-corrected chi connectivity index (χ1v) is 2.73. The van der Waals surface area contributed by atoms with Crippen molar-refractivity contribution >= 4 is 5.78 Å². The van der Waals surface area contributed by atoms with E-state index in [0.29, 0.717) is 6.42 Å². The summed E-state index contributed by atoms with van der Waals surface area (Å²) in [5, 5.41) is 8.31. The lowest BCUT2D eigenvalue weighted by Crippen LogP contribution is -2.06. The van der Waals surface area contributed by atoms with Gasteiger partial charge in [0.2, 0.25) is 0 Å². The Hall–Kier alpha value is -1.10. The molecule has 0 aromatic carbocycles. The summed E-state index contributed by atoms with van der Waals surface area (Å²) in [6.07, 6.45) is 2.04. The summed E-state index contributed by atoms with van der Waals surface area (Å²) in [6, 6.07) is 1.88. The van der Waals surface area contributed by atoms with Crippen LogP contribution in [0.4, 0.5) is 0 Å². The van der Waals surface area contributed by atoms with Crippen LogP contribution in [0.15, 0.2) is 12.7 Å². The molecule has 0 amide bonds. The van der Waals surface area contributed by atoms with E-state index in [1.54, 1.807) is 6.08 Å². The third-order valence-corrected chi connectivity index (χ3v) is 1.05. The minimum absolute atomic E-state index is 0.0857. The predicted molar refractivity (Wildman–Crippen MR) is 34.6 cm³/mol. The second kappa shape index (κ2) is 3.85.